The summed E-state index contributed by atoms with van der Waals surface area (Å²) in [6.07, 6.45) is 4.11. The first-order valence-electron chi connectivity index (χ1n) is 6.84. The van der Waals surface area contributed by atoms with E-state index < -0.39 is 10.2 Å². The number of nitrogens with one attached hydrogen (secondary N) is 1. The van der Waals surface area contributed by atoms with Crippen LogP contribution < -0.4 is 4.72 Å². The fraction of sp³-hybridized carbons (Fsp3) is 1.00. The molecule has 1 fully saturated rings. The van der Waals surface area contributed by atoms with Crippen molar-refractivity contribution < 1.29 is 8.42 Å². The van der Waals surface area contributed by atoms with Crippen LogP contribution in [0.5, 0.6) is 0 Å². The van der Waals surface area contributed by atoms with Gasteiger partial charge < -0.3 is 4.90 Å². The second kappa shape index (κ2) is 6.84. The van der Waals surface area contributed by atoms with Crippen LogP contribution in [-0.4, -0.2) is 56.9 Å². The number of hydrogen-bond donors (Lipinski definition) is 1. The fourth-order valence-corrected chi connectivity index (χ4v) is 4.05. The van der Waals surface area contributed by atoms with E-state index in [1.165, 1.54) is 4.31 Å². The summed E-state index contributed by atoms with van der Waals surface area (Å²) in [6, 6.07) is 0.569. The average molecular weight is 277 g/mol. The molecule has 5 nitrogen and oxygen atoms in total. The first kappa shape index (κ1) is 15.9. The van der Waals surface area contributed by atoms with Crippen molar-refractivity contribution in [1.82, 2.24) is 13.9 Å². The third-order valence-corrected chi connectivity index (χ3v) is 5.57. The molecule has 0 bridgehead atoms. The minimum Gasteiger partial charge on any atom is -0.306 e. The predicted octanol–water partition coefficient (Wildman–Crippen LogP) is 1.04. The first-order valence-corrected chi connectivity index (χ1v) is 8.28. The highest BCUT2D eigenvalue weighted by Gasteiger charge is 2.28. The summed E-state index contributed by atoms with van der Waals surface area (Å²) >= 11 is 0. The van der Waals surface area contributed by atoms with Gasteiger partial charge in [-0.15, -0.1) is 0 Å². The van der Waals surface area contributed by atoms with E-state index >= 15 is 0 Å². The van der Waals surface area contributed by atoms with Gasteiger partial charge in [0.25, 0.3) is 10.2 Å². The lowest BCUT2D eigenvalue weighted by molar-refractivity contribution is 0.207. The molecule has 1 aliphatic carbocycles. The molecule has 6 heteroatoms. The van der Waals surface area contributed by atoms with Gasteiger partial charge in [0.2, 0.25) is 0 Å². The Bertz CT molecular complexity index is 339. The average Bonchev–Trinajstić information content (AvgIpc) is 2.29. The molecule has 0 saturated heterocycles. The molecule has 0 amide bonds. The largest absolute Gasteiger partial charge is 0.306 e. The van der Waals surface area contributed by atoms with E-state index in [0.29, 0.717) is 19.1 Å². The van der Waals surface area contributed by atoms with Gasteiger partial charge in [-0.05, 0) is 33.4 Å². The molecule has 0 spiro atoms. The molecule has 1 aliphatic rings. The van der Waals surface area contributed by atoms with Crippen molar-refractivity contribution >= 4 is 10.2 Å². The summed E-state index contributed by atoms with van der Waals surface area (Å²) in [6.45, 7) is 4.78. The molecule has 0 aromatic heterocycles. The quantitative estimate of drug-likeness (QED) is 0.789. The van der Waals surface area contributed by atoms with Crippen molar-refractivity contribution in [3.8, 4) is 0 Å². The van der Waals surface area contributed by atoms with Crippen molar-refractivity contribution in [2.45, 2.75) is 51.6 Å². The minimum atomic E-state index is -3.31. The second-order valence-electron chi connectivity index (χ2n) is 5.19. The molecule has 1 N–H and O–H groups in total. The van der Waals surface area contributed by atoms with Crippen LogP contribution in [0, 0.1) is 0 Å². The lowest BCUT2D eigenvalue weighted by Crippen LogP contribution is -2.48. The number of rotatable bonds is 6. The third-order valence-electron chi connectivity index (χ3n) is 3.74. The van der Waals surface area contributed by atoms with Crippen molar-refractivity contribution in [3.63, 3.8) is 0 Å². The van der Waals surface area contributed by atoms with Gasteiger partial charge in [0.15, 0.2) is 0 Å². The standard InChI is InChI=1S/C12H27N3O2S/c1-5-15(6-2)18(16,17)13-11-8-7-9-12(10-11)14(3)4/h11-13H,5-10H2,1-4H3. The van der Waals surface area contributed by atoms with Crippen LogP contribution in [0.3, 0.4) is 0 Å². The van der Waals surface area contributed by atoms with Gasteiger partial charge in [-0.25, -0.2) is 0 Å². The Balaban J connectivity index is 2.61. The van der Waals surface area contributed by atoms with Gasteiger partial charge in [-0.1, -0.05) is 20.3 Å². The van der Waals surface area contributed by atoms with E-state index in [1.54, 1.807) is 0 Å². The lowest BCUT2D eigenvalue weighted by atomic mass is 9.91. The maximum atomic E-state index is 12.1. The summed E-state index contributed by atoms with van der Waals surface area (Å²) in [5, 5.41) is 0. The molecule has 2 atom stereocenters. The normalized spacial score (nSPS) is 25.9. The highest BCUT2D eigenvalue weighted by Crippen LogP contribution is 2.22. The Morgan fingerprint density at radius 3 is 2.28 bits per heavy atom. The molecule has 0 heterocycles. The zero-order valence-corrected chi connectivity index (χ0v) is 12.8. The Kier molecular flexibility index (Phi) is 6.04. The van der Waals surface area contributed by atoms with Crippen LogP contribution >= 0.6 is 0 Å². The van der Waals surface area contributed by atoms with Crippen LogP contribution in [0.25, 0.3) is 0 Å². The fourth-order valence-electron chi connectivity index (χ4n) is 2.59. The molecule has 18 heavy (non-hydrogen) atoms. The van der Waals surface area contributed by atoms with Crippen molar-refractivity contribution in [1.29, 1.82) is 0 Å². The molecule has 1 rings (SSSR count). The monoisotopic (exact) mass is 277 g/mol. The molecule has 0 radical (unpaired) electrons. The molecule has 0 aliphatic heterocycles. The summed E-state index contributed by atoms with van der Waals surface area (Å²) < 4.78 is 28.6. The van der Waals surface area contributed by atoms with Crippen LogP contribution in [0.4, 0.5) is 0 Å². The number of hydrogen-bond acceptors (Lipinski definition) is 3. The lowest BCUT2D eigenvalue weighted by Gasteiger charge is -2.34. The summed E-state index contributed by atoms with van der Waals surface area (Å²) in [7, 11) is 0.816. The van der Waals surface area contributed by atoms with Crippen molar-refractivity contribution in [3.05, 3.63) is 0 Å². The number of nitrogens with zero attached hydrogens (tertiary/aromatic N) is 2. The molecule has 0 aromatic carbocycles. The van der Waals surface area contributed by atoms with Crippen molar-refractivity contribution in [2.24, 2.45) is 0 Å². The molecular weight excluding hydrogens is 250 g/mol. The molecule has 108 valence electrons. The summed E-state index contributed by atoms with van der Waals surface area (Å²) in [5.74, 6) is 0. The summed E-state index contributed by atoms with van der Waals surface area (Å²) in [4.78, 5) is 2.19. The SMILES string of the molecule is CCN(CC)S(=O)(=O)NC1CCCC(N(C)C)C1. The van der Waals surface area contributed by atoms with E-state index in [0.717, 1.165) is 25.7 Å². The van der Waals surface area contributed by atoms with Gasteiger partial charge in [0, 0.05) is 25.2 Å². The highest BCUT2D eigenvalue weighted by atomic mass is 32.2. The maximum Gasteiger partial charge on any atom is 0.279 e. The highest BCUT2D eigenvalue weighted by molar-refractivity contribution is 7.87. The second-order valence-corrected chi connectivity index (χ2v) is 6.89. The Morgan fingerprint density at radius 2 is 1.78 bits per heavy atom. The predicted molar refractivity (Wildman–Crippen MR) is 74.7 cm³/mol. The zero-order chi connectivity index (χ0) is 13.8. The molecule has 1 saturated carbocycles. The zero-order valence-electron chi connectivity index (χ0n) is 12.0. The van der Waals surface area contributed by atoms with Gasteiger partial charge in [-0.3, -0.25) is 0 Å². The van der Waals surface area contributed by atoms with Crippen molar-refractivity contribution in [2.75, 3.05) is 27.2 Å². The topological polar surface area (TPSA) is 52.7 Å². The van der Waals surface area contributed by atoms with Crippen LogP contribution in [-0.2, 0) is 10.2 Å². The molecular formula is C12H27N3O2S. The Labute approximate surface area is 112 Å². The van der Waals surface area contributed by atoms with Gasteiger partial charge >= 0.3 is 0 Å². The van der Waals surface area contributed by atoms with Crippen LogP contribution in [0.1, 0.15) is 39.5 Å². The smallest absolute Gasteiger partial charge is 0.279 e. The van der Waals surface area contributed by atoms with Gasteiger partial charge in [0.05, 0.1) is 0 Å². The van der Waals surface area contributed by atoms with E-state index in [-0.39, 0.29) is 6.04 Å². The van der Waals surface area contributed by atoms with E-state index in [9.17, 15) is 8.42 Å². The Hall–Kier alpha value is -0.170. The first-order chi connectivity index (χ1) is 8.40. The Morgan fingerprint density at radius 1 is 1.17 bits per heavy atom. The van der Waals surface area contributed by atoms with Crippen LogP contribution in [0.15, 0.2) is 0 Å². The van der Waals surface area contributed by atoms with E-state index in [4.69, 9.17) is 0 Å². The molecule has 2 unspecified atom stereocenters. The van der Waals surface area contributed by atoms with Gasteiger partial charge in [-0.2, -0.15) is 17.4 Å². The van der Waals surface area contributed by atoms with Gasteiger partial charge in [0.1, 0.15) is 0 Å². The molecule has 0 aromatic rings. The maximum absolute atomic E-state index is 12.1. The van der Waals surface area contributed by atoms with E-state index in [1.807, 2.05) is 13.8 Å². The summed E-state index contributed by atoms with van der Waals surface area (Å²) in [5.41, 5.74) is 0. The third kappa shape index (κ3) is 4.19. The van der Waals surface area contributed by atoms with E-state index in [2.05, 4.69) is 23.7 Å². The minimum absolute atomic E-state index is 0.0803. The van der Waals surface area contributed by atoms with Crippen LogP contribution in [0.2, 0.25) is 0 Å².